The number of carbonyl (C=O) groups excluding carboxylic acids is 2. The molecule has 0 aliphatic heterocycles. The van der Waals surface area contributed by atoms with E-state index in [1.807, 2.05) is 54.6 Å². The Balaban J connectivity index is 1.25. The van der Waals surface area contributed by atoms with Gasteiger partial charge < -0.3 is 9.84 Å². The van der Waals surface area contributed by atoms with Crippen LogP contribution in [0.15, 0.2) is 69.5 Å². The fourth-order valence-electron chi connectivity index (χ4n) is 3.06. The molecule has 2 aromatic heterocycles. The molecule has 2 amide bonds. The van der Waals surface area contributed by atoms with Crippen molar-refractivity contribution in [3.8, 4) is 11.3 Å². The molecule has 4 rings (SSSR count). The van der Waals surface area contributed by atoms with Crippen molar-refractivity contribution in [2.75, 3.05) is 16.4 Å². The minimum Gasteiger partial charge on any atom is -0.355 e. The van der Waals surface area contributed by atoms with Gasteiger partial charge in [-0.05, 0) is 30.5 Å². The van der Waals surface area contributed by atoms with Crippen LogP contribution in [0.5, 0.6) is 0 Å². The van der Waals surface area contributed by atoms with E-state index >= 15 is 0 Å². The van der Waals surface area contributed by atoms with Crippen LogP contribution in [-0.2, 0) is 11.2 Å². The summed E-state index contributed by atoms with van der Waals surface area (Å²) in [5.41, 5.74) is 3.00. The van der Waals surface area contributed by atoms with Crippen molar-refractivity contribution in [1.82, 2.24) is 15.4 Å². The van der Waals surface area contributed by atoms with E-state index in [1.54, 1.807) is 6.07 Å². The van der Waals surface area contributed by atoms with Gasteiger partial charge in [0.15, 0.2) is 15.8 Å². The van der Waals surface area contributed by atoms with E-state index in [2.05, 4.69) is 32.9 Å². The quantitative estimate of drug-likeness (QED) is 0.221. The van der Waals surface area contributed by atoms with Crippen LogP contribution in [0, 0.1) is 0 Å². The highest BCUT2D eigenvalue weighted by Crippen LogP contribution is 2.26. The Morgan fingerprint density at radius 1 is 1.03 bits per heavy atom. The molecular weight excluding hydrogens is 470 g/mol. The van der Waals surface area contributed by atoms with Crippen LogP contribution >= 0.6 is 23.1 Å². The standard InChI is InChI=1S/C24H23N5O3S2/c1-2-3-7-16-10-12-18(13-11-16)25-21(30)15-33-24-28-27-23(34-24)26-22(31)19-14-20(32-29-19)17-8-5-4-6-9-17/h4-6,8-14H,2-3,7,15H2,1H3,(H,25,30)(H,26,27,31). The maximum Gasteiger partial charge on any atom is 0.279 e. The summed E-state index contributed by atoms with van der Waals surface area (Å²) in [6.45, 7) is 2.17. The summed E-state index contributed by atoms with van der Waals surface area (Å²) in [5.74, 6) is 0.104. The lowest BCUT2D eigenvalue weighted by Gasteiger charge is -2.05. The van der Waals surface area contributed by atoms with Gasteiger partial charge in [0.05, 0.1) is 5.75 Å². The van der Waals surface area contributed by atoms with Crippen LogP contribution < -0.4 is 10.6 Å². The van der Waals surface area contributed by atoms with Crippen molar-refractivity contribution in [2.45, 2.75) is 30.5 Å². The number of benzene rings is 2. The van der Waals surface area contributed by atoms with Crippen molar-refractivity contribution in [1.29, 1.82) is 0 Å². The summed E-state index contributed by atoms with van der Waals surface area (Å²) in [4.78, 5) is 24.7. The normalized spacial score (nSPS) is 10.7. The number of unbranched alkanes of at least 4 members (excludes halogenated alkanes) is 1. The lowest BCUT2D eigenvalue weighted by Crippen LogP contribution is -2.13. The molecule has 10 heteroatoms. The van der Waals surface area contributed by atoms with Gasteiger partial charge in [-0.3, -0.25) is 14.9 Å². The molecule has 0 unspecified atom stereocenters. The molecule has 0 fully saturated rings. The topological polar surface area (TPSA) is 110 Å². The van der Waals surface area contributed by atoms with E-state index in [0.29, 0.717) is 15.2 Å². The van der Waals surface area contributed by atoms with Gasteiger partial charge in [-0.1, -0.05) is 84.1 Å². The Labute approximate surface area is 205 Å². The predicted octanol–water partition coefficient (Wildman–Crippen LogP) is 5.52. The van der Waals surface area contributed by atoms with E-state index in [0.717, 1.165) is 30.5 Å². The number of carbonyl (C=O) groups is 2. The minimum absolute atomic E-state index is 0.136. The number of nitrogens with zero attached hydrogens (tertiary/aromatic N) is 3. The number of hydrogen-bond donors (Lipinski definition) is 2. The van der Waals surface area contributed by atoms with Crippen molar-refractivity contribution in [3.63, 3.8) is 0 Å². The van der Waals surface area contributed by atoms with Crippen LogP contribution in [0.3, 0.4) is 0 Å². The highest BCUT2D eigenvalue weighted by atomic mass is 32.2. The molecule has 2 heterocycles. The molecule has 0 saturated heterocycles. The summed E-state index contributed by atoms with van der Waals surface area (Å²) in [7, 11) is 0. The molecule has 0 atom stereocenters. The molecule has 34 heavy (non-hydrogen) atoms. The van der Waals surface area contributed by atoms with Crippen LogP contribution in [0.2, 0.25) is 0 Å². The molecule has 0 bridgehead atoms. The van der Waals surface area contributed by atoms with E-state index < -0.39 is 5.91 Å². The second-order valence-corrected chi connectivity index (χ2v) is 9.61. The maximum absolute atomic E-state index is 12.5. The number of aryl methyl sites for hydroxylation is 1. The number of hydrogen-bond acceptors (Lipinski definition) is 8. The number of nitrogens with one attached hydrogen (secondary N) is 2. The summed E-state index contributed by atoms with van der Waals surface area (Å²) >= 11 is 2.44. The third-order valence-corrected chi connectivity index (χ3v) is 6.78. The van der Waals surface area contributed by atoms with Gasteiger partial charge in [-0.15, -0.1) is 10.2 Å². The van der Waals surface area contributed by atoms with Gasteiger partial charge in [0.25, 0.3) is 5.91 Å². The molecule has 8 nitrogen and oxygen atoms in total. The molecular formula is C24H23N5O3S2. The lowest BCUT2D eigenvalue weighted by molar-refractivity contribution is -0.113. The van der Waals surface area contributed by atoms with Crippen LogP contribution in [-0.4, -0.2) is 32.9 Å². The number of rotatable bonds is 10. The monoisotopic (exact) mass is 493 g/mol. The molecule has 0 aliphatic rings. The van der Waals surface area contributed by atoms with Crippen molar-refractivity contribution >= 4 is 45.7 Å². The van der Waals surface area contributed by atoms with Gasteiger partial charge in [-0.2, -0.15) is 0 Å². The molecule has 2 N–H and O–H groups in total. The highest BCUT2D eigenvalue weighted by molar-refractivity contribution is 8.01. The van der Waals surface area contributed by atoms with Crippen LogP contribution in [0.25, 0.3) is 11.3 Å². The first-order valence-electron chi connectivity index (χ1n) is 10.8. The third-order valence-electron chi connectivity index (χ3n) is 4.81. The van der Waals surface area contributed by atoms with Crippen LogP contribution in [0.1, 0.15) is 35.8 Å². The van der Waals surface area contributed by atoms with Crippen molar-refractivity contribution < 1.29 is 14.1 Å². The Bertz CT molecular complexity index is 1240. The average Bonchev–Trinajstić information content (AvgIpc) is 3.53. The zero-order valence-corrected chi connectivity index (χ0v) is 20.1. The van der Waals surface area contributed by atoms with E-state index in [-0.39, 0.29) is 17.4 Å². The van der Waals surface area contributed by atoms with Gasteiger partial charge in [0.2, 0.25) is 11.0 Å². The Hall–Kier alpha value is -3.50. The van der Waals surface area contributed by atoms with Crippen LogP contribution in [0.4, 0.5) is 10.8 Å². The smallest absolute Gasteiger partial charge is 0.279 e. The van der Waals surface area contributed by atoms with E-state index in [9.17, 15) is 9.59 Å². The highest BCUT2D eigenvalue weighted by Gasteiger charge is 2.16. The maximum atomic E-state index is 12.5. The van der Waals surface area contributed by atoms with Gasteiger partial charge in [0, 0.05) is 17.3 Å². The number of anilines is 2. The van der Waals surface area contributed by atoms with Gasteiger partial charge >= 0.3 is 0 Å². The molecule has 174 valence electrons. The average molecular weight is 494 g/mol. The van der Waals surface area contributed by atoms with Gasteiger partial charge in [0.1, 0.15) is 0 Å². The number of aromatic nitrogens is 3. The summed E-state index contributed by atoms with van der Waals surface area (Å²) in [5, 5.41) is 17.7. The first kappa shape index (κ1) is 23.7. The second kappa shape index (κ2) is 11.6. The second-order valence-electron chi connectivity index (χ2n) is 7.41. The Morgan fingerprint density at radius 3 is 2.59 bits per heavy atom. The third kappa shape index (κ3) is 6.52. The van der Waals surface area contributed by atoms with E-state index in [1.165, 1.54) is 28.7 Å². The zero-order chi connectivity index (χ0) is 23.8. The lowest BCUT2D eigenvalue weighted by atomic mass is 10.1. The number of amides is 2. The molecule has 2 aromatic carbocycles. The largest absolute Gasteiger partial charge is 0.355 e. The van der Waals surface area contributed by atoms with Crippen molar-refractivity contribution in [3.05, 3.63) is 71.9 Å². The van der Waals surface area contributed by atoms with E-state index in [4.69, 9.17) is 4.52 Å². The first-order chi connectivity index (χ1) is 16.6. The Morgan fingerprint density at radius 2 is 1.82 bits per heavy atom. The molecule has 4 aromatic rings. The minimum atomic E-state index is -0.446. The zero-order valence-electron chi connectivity index (χ0n) is 18.5. The number of thioether (sulfide) groups is 1. The fourth-order valence-corrected chi connectivity index (χ4v) is 4.61. The van der Waals surface area contributed by atoms with Crippen molar-refractivity contribution in [2.24, 2.45) is 0 Å². The summed E-state index contributed by atoms with van der Waals surface area (Å²) < 4.78 is 5.83. The SMILES string of the molecule is CCCCc1ccc(NC(=O)CSc2nnc(NC(=O)c3cc(-c4ccccc4)on3)s2)cc1. The summed E-state index contributed by atoms with van der Waals surface area (Å²) in [6.07, 6.45) is 3.35. The fraction of sp³-hybridized carbons (Fsp3) is 0.208. The first-order valence-corrected chi connectivity index (χ1v) is 12.6. The molecule has 0 spiro atoms. The predicted molar refractivity (Wildman–Crippen MR) is 134 cm³/mol. The Kier molecular flexibility index (Phi) is 8.05. The molecule has 0 aliphatic carbocycles. The summed E-state index contributed by atoms with van der Waals surface area (Å²) in [6, 6.07) is 18.9. The molecule has 0 saturated carbocycles. The van der Waals surface area contributed by atoms with Gasteiger partial charge in [-0.25, -0.2) is 0 Å². The molecule has 0 radical (unpaired) electrons.